The smallest absolute Gasteiger partial charge is 0.157 e. The molecule has 0 amide bonds. The van der Waals surface area contributed by atoms with Crippen LogP contribution in [0.3, 0.4) is 0 Å². The minimum atomic E-state index is 0.686. The Morgan fingerprint density at radius 3 is 2.41 bits per heavy atom. The zero-order valence-corrected chi connectivity index (χ0v) is 20.2. The molecule has 0 N–H and O–H groups in total. The molecule has 0 unspecified atom stereocenters. The largest absolute Gasteiger partial charge is 0.494 e. The fourth-order valence-corrected chi connectivity index (χ4v) is 5.15. The third kappa shape index (κ3) is 3.86. The Morgan fingerprint density at radius 2 is 1.74 bits per heavy atom. The SMILES string of the molecule is CCOc1ccc(CN2CCN(c3c(CC)c(C)c(C#N)c4nc5ccccc5n34)CC2)cc1. The van der Waals surface area contributed by atoms with Gasteiger partial charge in [-0.25, -0.2) is 4.98 Å². The Labute approximate surface area is 201 Å². The van der Waals surface area contributed by atoms with E-state index in [1.165, 1.54) is 16.9 Å². The Hall–Kier alpha value is -3.56. The van der Waals surface area contributed by atoms with Gasteiger partial charge in [-0.1, -0.05) is 31.2 Å². The first kappa shape index (κ1) is 22.2. The molecule has 2 aromatic carbocycles. The highest BCUT2D eigenvalue weighted by atomic mass is 16.5. The molecule has 0 saturated carbocycles. The van der Waals surface area contributed by atoms with E-state index in [-0.39, 0.29) is 0 Å². The van der Waals surface area contributed by atoms with Crippen molar-refractivity contribution in [3.05, 3.63) is 70.8 Å². The second-order valence-electron chi connectivity index (χ2n) is 8.87. The third-order valence-corrected chi connectivity index (χ3v) is 6.87. The fourth-order valence-electron chi connectivity index (χ4n) is 5.15. The Bertz CT molecular complexity index is 1360. The maximum absolute atomic E-state index is 9.95. The number of pyridine rings is 1. The quantitative estimate of drug-likeness (QED) is 0.413. The minimum Gasteiger partial charge on any atom is -0.494 e. The molecule has 5 rings (SSSR count). The van der Waals surface area contributed by atoms with Crippen molar-refractivity contribution in [1.29, 1.82) is 5.26 Å². The molecule has 6 heteroatoms. The highest BCUT2D eigenvalue weighted by Crippen LogP contribution is 2.34. The summed E-state index contributed by atoms with van der Waals surface area (Å²) in [5.74, 6) is 2.12. The standard InChI is InChI=1S/C28H31N5O/c1-4-23-20(3)24(18-29)27-30-25-8-6-7-9-26(25)33(27)28(23)32-16-14-31(15-17-32)19-21-10-12-22(13-11-21)34-5-2/h6-13H,4-5,14-17,19H2,1-3H3. The maximum atomic E-state index is 9.95. The summed E-state index contributed by atoms with van der Waals surface area (Å²) in [5.41, 5.74) is 7.06. The number of piperazine rings is 1. The van der Waals surface area contributed by atoms with E-state index in [1.807, 2.05) is 25.1 Å². The molecule has 1 fully saturated rings. The van der Waals surface area contributed by atoms with E-state index in [1.54, 1.807) is 0 Å². The third-order valence-electron chi connectivity index (χ3n) is 6.87. The predicted octanol–water partition coefficient (Wildman–Crippen LogP) is 4.95. The number of fused-ring (bicyclic) bond motifs is 3. The normalized spacial score (nSPS) is 14.6. The molecule has 3 heterocycles. The van der Waals surface area contributed by atoms with Gasteiger partial charge in [-0.2, -0.15) is 5.26 Å². The van der Waals surface area contributed by atoms with Gasteiger partial charge < -0.3 is 9.64 Å². The van der Waals surface area contributed by atoms with Crippen LogP contribution in [0.25, 0.3) is 16.7 Å². The van der Waals surface area contributed by atoms with Crippen LogP contribution in [0.4, 0.5) is 5.82 Å². The molecular formula is C28H31N5O. The molecule has 0 spiro atoms. The van der Waals surface area contributed by atoms with Gasteiger partial charge in [0.1, 0.15) is 17.6 Å². The van der Waals surface area contributed by atoms with Crippen molar-refractivity contribution < 1.29 is 4.74 Å². The Balaban J connectivity index is 1.45. The lowest BCUT2D eigenvalue weighted by atomic mass is 10.0. The molecule has 4 aromatic rings. The number of imidazole rings is 1. The fraction of sp³-hybridized carbons (Fsp3) is 0.357. The van der Waals surface area contributed by atoms with Crippen molar-refractivity contribution in [2.45, 2.75) is 33.7 Å². The summed E-state index contributed by atoms with van der Waals surface area (Å²) in [6.45, 7) is 11.8. The van der Waals surface area contributed by atoms with Gasteiger partial charge in [0.25, 0.3) is 0 Å². The van der Waals surface area contributed by atoms with Crippen LogP contribution in [0.5, 0.6) is 5.75 Å². The lowest BCUT2D eigenvalue weighted by Crippen LogP contribution is -2.47. The monoisotopic (exact) mass is 453 g/mol. The van der Waals surface area contributed by atoms with E-state index in [2.05, 4.69) is 64.4 Å². The van der Waals surface area contributed by atoms with Gasteiger partial charge in [-0.15, -0.1) is 0 Å². The summed E-state index contributed by atoms with van der Waals surface area (Å²) in [5, 5.41) is 9.95. The highest BCUT2D eigenvalue weighted by Gasteiger charge is 2.26. The van der Waals surface area contributed by atoms with Crippen LogP contribution in [-0.2, 0) is 13.0 Å². The van der Waals surface area contributed by atoms with Crippen LogP contribution >= 0.6 is 0 Å². The van der Waals surface area contributed by atoms with Crippen LogP contribution in [0.15, 0.2) is 48.5 Å². The molecule has 2 aromatic heterocycles. The molecule has 1 aliphatic rings. The van der Waals surface area contributed by atoms with Gasteiger partial charge in [0.05, 0.1) is 23.2 Å². The maximum Gasteiger partial charge on any atom is 0.157 e. The number of nitriles is 1. The van der Waals surface area contributed by atoms with Crippen LogP contribution in [0.1, 0.15) is 36.1 Å². The average Bonchev–Trinajstić information content (AvgIpc) is 3.24. The minimum absolute atomic E-state index is 0.686. The van der Waals surface area contributed by atoms with Gasteiger partial charge in [0.15, 0.2) is 5.65 Å². The van der Waals surface area contributed by atoms with E-state index < -0.39 is 0 Å². The number of anilines is 1. The molecular weight excluding hydrogens is 422 g/mol. The second kappa shape index (κ2) is 9.36. The molecule has 34 heavy (non-hydrogen) atoms. The lowest BCUT2D eigenvalue weighted by Gasteiger charge is -2.37. The molecule has 6 nitrogen and oxygen atoms in total. The summed E-state index contributed by atoms with van der Waals surface area (Å²) in [6, 6.07) is 19.1. The van der Waals surface area contributed by atoms with Crippen LogP contribution in [-0.4, -0.2) is 47.1 Å². The van der Waals surface area contributed by atoms with E-state index >= 15 is 0 Å². The molecule has 1 aliphatic heterocycles. The van der Waals surface area contributed by atoms with E-state index in [4.69, 9.17) is 9.72 Å². The number of hydrogen-bond acceptors (Lipinski definition) is 5. The van der Waals surface area contributed by atoms with Gasteiger partial charge in [0, 0.05) is 32.7 Å². The summed E-state index contributed by atoms with van der Waals surface area (Å²) in [4.78, 5) is 9.86. The number of nitrogens with zero attached hydrogens (tertiary/aromatic N) is 5. The van der Waals surface area contributed by atoms with Crippen molar-refractivity contribution in [2.75, 3.05) is 37.7 Å². The summed E-state index contributed by atoms with van der Waals surface area (Å²) in [6.07, 6.45) is 0.880. The average molecular weight is 454 g/mol. The number of hydrogen-bond donors (Lipinski definition) is 0. The summed E-state index contributed by atoms with van der Waals surface area (Å²) >= 11 is 0. The van der Waals surface area contributed by atoms with Crippen molar-refractivity contribution in [3.63, 3.8) is 0 Å². The van der Waals surface area contributed by atoms with Crippen molar-refractivity contribution in [2.24, 2.45) is 0 Å². The van der Waals surface area contributed by atoms with Crippen molar-refractivity contribution in [3.8, 4) is 11.8 Å². The van der Waals surface area contributed by atoms with E-state index in [0.29, 0.717) is 12.2 Å². The number of para-hydroxylation sites is 2. The highest BCUT2D eigenvalue weighted by molar-refractivity contribution is 5.86. The number of aromatic nitrogens is 2. The molecule has 0 atom stereocenters. The molecule has 174 valence electrons. The lowest BCUT2D eigenvalue weighted by molar-refractivity contribution is 0.249. The van der Waals surface area contributed by atoms with Crippen LogP contribution < -0.4 is 9.64 Å². The molecule has 0 bridgehead atoms. The van der Waals surface area contributed by atoms with Gasteiger partial charge >= 0.3 is 0 Å². The molecule has 0 radical (unpaired) electrons. The molecule has 0 aliphatic carbocycles. The second-order valence-corrected chi connectivity index (χ2v) is 8.87. The first-order chi connectivity index (χ1) is 16.6. The summed E-state index contributed by atoms with van der Waals surface area (Å²) < 4.78 is 7.80. The van der Waals surface area contributed by atoms with Crippen molar-refractivity contribution >= 4 is 22.5 Å². The number of rotatable bonds is 6. The van der Waals surface area contributed by atoms with Gasteiger partial charge in [0.2, 0.25) is 0 Å². The zero-order chi connectivity index (χ0) is 23.7. The summed E-state index contributed by atoms with van der Waals surface area (Å²) in [7, 11) is 0. The van der Waals surface area contributed by atoms with E-state index in [0.717, 1.165) is 67.1 Å². The van der Waals surface area contributed by atoms with E-state index in [9.17, 15) is 5.26 Å². The first-order valence-corrected chi connectivity index (χ1v) is 12.2. The van der Waals surface area contributed by atoms with Gasteiger partial charge in [-0.05, 0) is 61.2 Å². The van der Waals surface area contributed by atoms with Crippen LogP contribution in [0.2, 0.25) is 0 Å². The number of benzene rings is 2. The predicted molar refractivity (Wildman–Crippen MR) is 137 cm³/mol. The zero-order valence-electron chi connectivity index (χ0n) is 20.2. The Morgan fingerprint density at radius 1 is 1.00 bits per heavy atom. The molecule has 1 saturated heterocycles. The van der Waals surface area contributed by atoms with Gasteiger partial charge in [-0.3, -0.25) is 9.30 Å². The first-order valence-electron chi connectivity index (χ1n) is 12.2. The Kier molecular flexibility index (Phi) is 6.12. The topological polar surface area (TPSA) is 56.8 Å². The van der Waals surface area contributed by atoms with Crippen molar-refractivity contribution in [1.82, 2.24) is 14.3 Å². The van der Waals surface area contributed by atoms with Crippen LogP contribution in [0, 0.1) is 18.3 Å². The number of ether oxygens (including phenoxy) is 1.